The van der Waals surface area contributed by atoms with Crippen molar-refractivity contribution in [2.45, 2.75) is 38.3 Å². The number of nitrogens with one attached hydrogen (secondary N) is 1. The van der Waals surface area contributed by atoms with E-state index < -0.39 is 5.54 Å². The monoisotopic (exact) mass is 425 g/mol. The lowest BCUT2D eigenvalue weighted by atomic mass is 9.92. The lowest BCUT2D eigenvalue weighted by molar-refractivity contribution is -0.126. The number of hydrogen-bond donors (Lipinski definition) is 2. The maximum atomic E-state index is 12.4. The van der Waals surface area contributed by atoms with Crippen molar-refractivity contribution in [2.75, 3.05) is 19.6 Å². The van der Waals surface area contributed by atoms with Gasteiger partial charge in [-0.15, -0.1) is 24.8 Å². The van der Waals surface area contributed by atoms with Crippen molar-refractivity contribution in [1.82, 2.24) is 10.2 Å². The van der Waals surface area contributed by atoms with Gasteiger partial charge in [0.15, 0.2) is 0 Å². The van der Waals surface area contributed by atoms with Crippen molar-refractivity contribution in [3.05, 3.63) is 34.3 Å². The van der Waals surface area contributed by atoms with Crippen LogP contribution in [0, 0.1) is 0 Å². The zero-order valence-electron chi connectivity index (χ0n) is 13.5. The lowest BCUT2D eigenvalue weighted by Gasteiger charge is -2.27. The molecular formula is C16H26BrCl2N3O. The molecule has 0 aliphatic carbocycles. The van der Waals surface area contributed by atoms with Crippen LogP contribution in [0.5, 0.6) is 0 Å². The summed E-state index contributed by atoms with van der Waals surface area (Å²) < 4.78 is 0.979. The third-order valence-corrected chi connectivity index (χ3v) is 4.85. The highest BCUT2D eigenvalue weighted by Gasteiger charge is 2.31. The molecule has 0 bridgehead atoms. The molecule has 1 aromatic rings. The fraction of sp³-hybridized carbons (Fsp3) is 0.562. The Kier molecular flexibility index (Phi) is 9.70. The average Bonchev–Trinajstić information content (AvgIpc) is 2.92. The zero-order chi connectivity index (χ0) is 15.5. The second-order valence-corrected chi connectivity index (χ2v) is 6.76. The van der Waals surface area contributed by atoms with Gasteiger partial charge in [0.2, 0.25) is 5.91 Å². The van der Waals surface area contributed by atoms with Crippen LogP contribution in [-0.4, -0.2) is 36.5 Å². The maximum absolute atomic E-state index is 12.4. The Hall–Kier alpha value is -0.330. The number of halogens is 3. The van der Waals surface area contributed by atoms with Crippen LogP contribution in [0.4, 0.5) is 0 Å². The van der Waals surface area contributed by atoms with Crippen LogP contribution in [-0.2, 0) is 10.3 Å². The summed E-state index contributed by atoms with van der Waals surface area (Å²) in [4.78, 5) is 14.8. The third kappa shape index (κ3) is 5.61. The summed E-state index contributed by atoms with van der Waals surface area (Å²) in [5, 5.41) is 3.02. The first-order valence-electron chi connectivity index (χ1n) is 7.52. The van der Waals surface area contributed by atoms with Crippen LogP contribution in [0.1, 0.15) is 32.3 Å². The molecule has 4 nitrogen and oxygen atoms in total. The number of rotatable bonds is 5. The highest BCUT2D eigenvalue weighted by atomic mass is 79.9. The van der Waals surface area contributed by atoms with E-state index in [4.69, 9.17) is 5.73 Å². The van der Waals surface area contributed by atoms with E-state index in [9.17, 15) is 4.79 Å². The molecule has 1 aliphatic rings. The van der Waals surface area contributed by atoms with Crippen LogP contribution in [0.2, 0.25) is 0 Å². The van der Waals surface area contributed by atoms with Crippen molar-refractivity contribution >= 4 is 46.7 Å². The number of carbonyl (C=O) groups is 1. The van der Waals surface area contributed by atoms with Gasteiger partial charge in [-0.25, -0.2) is 0 Å². The van der Waals surface area contributed by atoms with Crippen molar-refractivity contribution in [2.24, 2.45) is 5.73 Å². The van der Waals surface area contributed by atoms with Gasteiger partial charge in [0.05, 0.1) is 0 Å². The van der Waals surface area contributed by atoms with Gasteiger partial charge in [-0.2, -0.15) is 0 Å². The molecule has 2 unspecified atom stereocenters. The van der Waals surface area contributed by atoms with Gasteiger partial charge in [0.1, 0.15) is 5.54 Å². The quantitative estimate of drug-likeness (QED) is 0.760. The highest BCUT2D eigenvalue weighted by Crippen LogP contribution is 2.21. The Labute approximate surface area is 159 Å². The molecule has 2 rings (SSSR count). The van der Waals surface area contributed by atoms with Crippen molar-refractivity contribution < 1.29 is 4.79 Å². The van der Waals surface area contributed by atoms with E-state index >= 15 is 0 Å². The number of hydrogen-bond acceptors (Lipinski definition) is 3. The Morgan fingerprint density at radius 1 is 1.39 bits per heavy atom. The van der Waals surface area contributed by atoms with Gasteiger partial charge < -0.3 is 11.1 Å². The summed E-state index contributed by atoms with van der Waals surface area (Å²) in [6.07, 6.45) is 2.36. The molecule has 2 atom stereocenters. The van der Waals surface area contributed by atoms with Gasteiger partial charge >= 0.3 is 0 Å². The maximum Gasteiger partial charge on any atom is 0.244 e. The van der Waals surface area contributed by atoms with E-state index in [1.165, 1.54) is 6.42 Å². The number of nitrogens with zero attached hydrogens (tertiary/aromatic N) is 1. The summed E-state index contributed by atoms with van der Waals surface area (Å²) >= 11 is 3.39. The SMILES string of the molecule is CCN1CCCC1CNC(=O)C(C)(N)c1ccc(Br)cc1.Cl.Cl. The third-order valence-electron chi connectivity index (χ3n) is 4.32. The lowest BCUT2D eigenvalue weighted by Crippen LogP contribution is -2.51. The molecular weight excluding hydrogens is 401 g/mol. The molecule has 7 heteroatoms. The molecule has 23 heavy (non-hydrogen) atoms. The Morgan fingerprint density at radius 3 is 2.57 bits per heavy atom. The van der Waals surface area contributed by atoms with E-state index in [0.717, 1.165) is 29.5 Å². The van der Waals surface area contributed by atoms with Crippen molar-refractivity contribution in [3.63, 3.8) is 0 Å². The number of amides is 1. The molecule has 0 aromatic heterocycles. The fourth-order valence-corrected chi connectivity index (χ4v) is 3.13. The molecule has 1 fully saturated rings. The largest absolute Gasteiger partial charge is 0.353 e. The van der Waals surface area contributed by atoms with Crippen LogP contribution < -0.4 is 11.1 Å². The van der Waals surface area contributed by atoms with Crippen molar-refractivity contribution in [3.8, 4) is 0 Å². The van der Waals surface area contributed by atoms with E-state index in [-0.39, 0.29) is 30.7 Å². The predicted octanol–water partition coefficient (Wildman–Crippen LogP) is 3.07. The van der Waals surface area contributed by atoms with Crippen LogP contribution >= 0.6 is 40.7 Å². The number of likely N-dealkylation sites (N-methyl/N-ethyl adjacent to an activating group) is 1. The summed E-state index contributed by atoms with van der Waals surface area (Å²) in [6, 6.07) is 8.03. The minimum absolute atomic E-state index is 0. The van der Waals surface area contributed by atoms with E-state index in [0.29, 0.717) is 12.6 Å². The number of benzene rings is 1. The van der Waals surface area contributed by atoms with Gasteiger partial charge in [0, 0.05) is 17.1 Å². The zero-order valence-corrected chi connectivity index (χ0v) is 16.8. The summed E-state index contributed by atoms with van der Waals surface area (Å²) in [7, 11) is 0. The summed E-state index contributed by atoms with van der Waals surface area (Å²) in [5.41, 5.74) is 6.06. The molecule has 1 aliphatic heterocycles. The topological polar surface area (TPSA) is 58.4 Å². The second-order valence-electron chi connectivity index (χ2n) is 5.84. The molecule has 1 aromatic carbocycles. The molecule has 1 heterocycles. The number of carbonyl (C=O) groups excluding carboxylic acids is 1. The fourth-order valence-electron chi connectivity index (χ4n) is 2.86. The van der Waals surface area contributed by atoms with Gasteiger partial charge in [-0.3, -0.25) is 9.69 Å². The van der Waals surface area contributed by atoms with Gasteiger partial charge in [-0.05, 0) is 50.6 Å². The molecule has 0 radical (unpaired) electrons. The standard InChI is InChI=1S/C16H24BrN3O.2ClH/c1-3-20-10-4-5-14(20)11-19-15(21)16(2,18)12-6-8-13(17)9-7-12;;/h6-9,14H,3-5,10-11,18H2,1-2H3,(H,19,21);2*1H. The van der Waals surface area contributed by atoms with Crippen molar-refractivity contribution in [1.29, 1.82) is 0 Å². The highest BCUT2D eigenvalue weighted by molar-refractivity contribution is 9.10. The minimum atomic E-state index is -1.00. The summed E-state index contributed by atoms with van der Waals surface area (Å²) in [5.74, 6) is -0.118. The first-order chi connectivity index (χ1) is 9.95. The van der Waals surface area contributed by atoms with Gasteiger partial charge in [-0.1, -0.05) is 35.0 Å². The van der Waals surface area contributed by atoms with Gasteiger partial charge in [0.25, 0.3) is 0 Å². The molecule has 3 N–H and O–H groups in total. The normalized spacial score (nSPS) is 20.1. The molecule has 132 valence electrons. The van der Waals surface area contributed by atoms with E-state index in [1.54, 1.807) is 6.92 Å². The first kappa shape index (κ1) is 22.7. The van der Waals surface area contributed by atoms with E-state index in [1.807, 2.05) is 24.3 Å². The second kappa shape index (κ2) is 9.84. The average molecular weight is 427 g/mol. The number of nitrogens with two attached hydrogens (primary N) is 1. The Morgan fingerprint density at radius 2 is 2.00 bits per heavy atom. The van der Waals surface area contributed by atoms with Crippen LogP contribution in [0.3, 0.4) is 0 Å². The molecule has 1 saturated heterocycles. The van der Waals surface area contributed by atoms with E-state index in [2.05, 4.69) is 33.1 Å². The Bertz CT molecular complexity index is 497. The molecule has 0 spiro atoms. The predicted molar refractivity (Wildman–Crippen MR) is 103 cm³/mol. The van der Waals surface area contributed by atoms with Crippen LogP contribution in [0.15, 0.2) is 28.7 Å². The Balaban J connectivity index is 0.00000242. The molecule has 0 saturated carbocycles. The number of likely N-dealkylation sites (tertiary alicyclic amines) is 1. The first-order valence-corrected chi connectivity index (χ1v) is 8.31. The minimum Gasteiger partial charge on any atom is -0.353 e. The smallest absolute Gasteiger partial charge is 0.244 e. The van der Waals surface area contributed by atoms with Crippen LogP contribution in [0.25, 0.3) is 0 Å². The summed E-state index contributed by atoms with van der Waals surface area (Å²) in [6.45, 7) is 6.76. The molecule has 1 amide bonds.